The molecule has 0 bridgehead atoms. The van der Waals surface area contributed by atoms with Crippen molar-refractivity contribution in [2.24, 2.45) is 0 Å². The normalized spacial score (nSPS) is 11.7. The average molecular weight is 137 g/mol. The summed E-state index contributed by atoms with van der Waals surface area (Å²) in [5.74, 6) is 0. The first-order valence-electron chi connectivity index (χ1n) is 3.76. The minimum absolute atomic E-state index is 0.905. The number of hydrogen-bond acceptors (Lipinski definition) is 0. The van der Waals surface area contributed by atoms with E-state index in [4.69, 9.17) is 0 Å². The molecule has 0 amide bonds. The fourth-order valence-corrected chi connectivity index (χ4v) is 0.759. The van der Waals surface area contributed by atoms with Crippen LogP contribution in [0.4, 0.5) is 0 Å². The molecular formula is C10H17. The Kier molecular flexibility index (Phi) is 5.00. The fourth-order valence-electron chi connectivity index (χ4n) is 0.759. The van der Waals surface area contributed by atoms with E-state index in [1.807, 2.05) is 0 Å². The Morgan fingerprint density at radius 2 is 1.90 bits per heavy atom. The topological polar surface area (TPSA) is 0 Å². The monoisotopic (exact) mass is 137 g/mol. The van der Waals surface area contributed by atoms with Gasteiger partial charge in [0.1, 0.15) is 0 Å². The van der Waals surface area contributed by atoms with Gasteiger partial charge in [-0.25, -0.2) is 0 Å². The van der Waals surface area contributed by atoms with E-state index in [1.165, 1.54) is 11.1 Å². The van der Waals surface area contributed by atoms with Crippen molar-refractivity contribution >= 4 is 0 Å². The molecule has 0 aromatic carbocycles. The van der Waals surface area contributed by atoms with Crippen LogP contribution in [0.5, 0.6) is 0 Å². The highest BCUT2D eigenvalue weighted by molar-refractivity contribution is 5.02. The molecule has 0 rings (SSSR count). The van der Waals surface area contributed by atoms with E-state index in [9.17, 15) is 0 Å². The minimum atomic E-state index is 0.905. The summed E-state index contributed by atoms with van der Waals surface area (Å²) in [7, 11) is 0. The van der Waals surface area contributed by atoms with Crippen LogP contribution in [-0.4, -0.2) is 0 Å². The van der Waals surface area contributed by atoms with Gasteiger partial charge < -0.3 is 0 Å². The van der Waals surface area contributed by atoms with Crippen LogP contribution in [0.15, 0.2) is 23.8 Å². The van der Waals surface area contributed by atoms with Crippen molar-refractivity contribution in [2.75, 3.05) is 0 Å². The molecule has 0 saturated heterocycles. The molecule has 0 N–H and O–H groups in total. The van der Waals surface area contributed by atoms with Gasteiger partial charge in [-0.1, -0.05) is 17.2 Å². The van der Waals surface area contributed by atoms with Gasteiger partial charge in [-0.3, -0.25) is 0 Å². The van der Waals surface area contributed by atoms with Gasteiger partial charge in [0.05, 0.1) is 0 Å². The molecule has 0 fully saturated rings. The van der Waals surface area contributed by atoms with Crippen molar-refractivity contribution in [3.63, 3.8) is 0 Å². The molecule has 0 aliphatic carbocycles. The lowest BCUT2D eigenvalue weighted by Gasteiger charge is -1.98. The molecular weight excluding hydrogens is 120 g/mol. The van der Waals surface area contributed by atoms with Crippen molar-refractivity contribution in [2.45, 2.75) is 33.1 Å². The van der Waals surface area contributed by atoms with Gasteiger partial charge >= 0.3 is 0 Å². The molecule has 0 aromatic heterocycles. The number of hydrogen-bond donors (Lipinski definition) is 0. The van der Waals surface area contributed by atoms with Crippen LogP contribution >= 0.6 is 0 Å². The van der Waals surface area contributed by atoms with Crippen molar-refractivity contribution < 1.29 is 0 Å². The molecule has 10 heavy (non-hydrogen) atoms. The first-order chi connectivity index (χ1) is 4.66. The number of rotatable bonds is 4. The van der Waals surface area contributed by atoms with Crippen LogP contribution < -0.4 is 0 Å². The van der Waals surface area contributed by atoms with Gasteiger partial charge in [-0.2, -0.15) is 0 Å². The summed E-state index contributed by atoms with van der Waals surface area (Å²) in [4.78, 5) is 0. The molecule has 1 radical (unpaired) electrons. The molecule has 0 unspecified atom stereocenters. The first-order valence-corrected chi connectivity index (χ1v) is 3.76. The summed E-state index contributed by atoms with van der Waals surface area (Å²) in [5, 5.41) is 0. The largest absolute Gasteiger partial charge is 0.100 e. The van der Waals surface area contributed by atoms with Gasteiger partial charge in [0.15, 0.2) is 0 Å². The van der Waals surface area contributed by atoms with E-state index >= 15 is 0 Å². The lowest BCUT2D eigenvalue weighted by Crippen LogP contribution is -1.78. The van der Waals surface area contributed by atoms with Crippen LogP contribution in [0.1, 0.15) is 33.1 Å². The van der Waals surface area contributed by atoms with Crippen LogP contribution in [0.25, 0.3) is 0 Å². The summed E-state index contributed by atoms with van der Waals surface area (Å²) < 4.78 is 0. The summed E-state index contributed by atoms with van der Waals surface area (Å²) in [6.45, 7) is 11.8. The average Bonchev–Trinajstić information content (AvgIpc) is 1.85. The highest BCUT2D eigenvalue weighted by Crippen LogP contribution is 2.09. The van der Waals surface area contributed by atoms with Gasteiger partial charge in [-0.05, 0) is 40.0 Å². The maximum atomic E-state index is 3.84. The molecule has 0 aliphatic rings. The summed E-state index contributed by atoms with van der Waals surface area (Å²) >= 11 is 0. The zero-order valence-corrected chi connectivity index (χ0v) is 7.11. The smallest absolute Gasteiger partial charge is 0.0286 e. The summed E-state index contributed by atoms with van der Waals surface area (Å²) in [6, 6.07) is 0. The molecule has 0 aromatic rings. The Bertz CT molecular complexity index is 129. The standard InChI is InChI=1S/C10H17/c1-5-6-10(4)8-7-9(2)3/h6H,1-2,5,7-8H2,3-4H3. The van der Waals surface area contributed by atoms with Crippen molar-refractivity contribution in [1.29, 1.82) is 0 Å². The van der Waals surface area contributed by atoms with E-state index < -0.39 is 0 Å². The molecule has 0 atom stereocenters. The highest BCUT2D eigenvalue weighted by atomic mass is 13.9. The summed E-state index contributed by atoms with van der Waals surface area (Å²) in [5.41, 5.74) is 2.69. The molecule has 0 heteroatoms. The lowest BCUT2D eigenvalue weighted by atomic mass is 10.1. The Morgan fingerprint density at radius 3 is 2.30 bits per heavy atom. The third-order valence-corrected chi connectivity index (χ3v) is 1.44. The zero-order chi connectivity index (χ0) is 7.98. The van der Waals surface area contributed by atoms with Crippen LogP contribution in [0.3, 0.4) is 0 Å². The Labute approximate surface area is 64.6 Å². The highest BCUT2D eigenvalue weighted by Gasteiger charge is 1.88. The number of allylic oxidation sites excluding steroid dienone is 3. The quantitative estimate of drug-likeness (QED) is 0.520. The van der Waals surface area contributed by atoms with E-state index in [1.54, 1.807) is 0 Å². The second kappa shape index (κ2) is 5.28. The Hall–Kier alpha value is -0.520. The Balaban J connectivity index is 3.48. The molecule has 57 valence electrons. The predicted octanol–water partition coefficient (Wildman–Crippen LogP) is 3.51. The van der Waals surface area contributed by atoms with E-state index in [2.05, 4.69) is 33.4 Å². The SMILES string of the molecule is [CH2]CC=C(C)CCC(=C)C. The van der Waals surface area contributed by atoms with Crippen LogP contribution in [0, 0.1) is 6.92 Å². The maximum Gasteiger partial charge on any atom is -0.0286 e. The first kappa shape index (κ1) is 9.48. The van der Waals surface area contributed by atoms with Crippen molar-refractivity contribution in [3.8, 4) is 0 Å². The van der Waals surface area contributed by atoms with Crippen molar-refractivity contribution in [1.82, 2.24) is 0 Å². The zero-order valence-electron chi connectivity index (χ0n) is 7.11. The van der Waals surface area contributed by atoms with Crippen LogP contribution in [0.2, 0.25) is 0 Å². The predicted molar refractivity (Wildman–Crippen MR) is 47.8 cm³/mol. The third-order valence-electron chi connectivity index (χ3n) is 1.44. The van der Waals surface area contributed by atoms with Crippen LogP contribution in [-0.2, 0) is 0 Å². The molecule has 0 heterocycles. The second-order valence-electron chi connectivity index (χ2n) is 2.80. The molecule has 0 aliphatic heterocycles. The fraction of sp³-hybridized carbons (Fsp3) is 0.500. The molecule has 0 saturated carbocycles. The Morgan fingerprint density at radius 1 is 1.30 bits per heavy atom. The maximum absolute atomic E-state index is 3.84. The van der Waals surface area contributed by atoms with Gasteiger partial charge in [0.25, 0.3) is 0 Å². The lowest BCUT2D eigenvalue weighted by molar-refractivity contribution is 0.922. The van der Waals surface area contributed by atoms with Crippen molar-refractivity contribution in [3.05, 3.63) is 30.7 Å². The van der Waals surface area contributed by atoms with Gasteiger partial charge in [0, 0.05) is 0 Å². The van der Waals surface area contributed by atoms with E-state index in [0.29, 0.717) is 0 Å². The molecule has 0 nitrogen and oxygen atoms in total. The third kappa shape index (κ3) is 5.61. The summed E-state index contributed by atoms with van der Waals surface area (Å²) in [6.07, 6.45) is 5.33. The van der Waals surface area contributed by atoms with E-state index in [-0.39, 0.29) is 0 Å². The van der Waals surface area contributed by atoms with Gasteiger partial charge in [0.2, 0.25) is 0 Å². The van der Waals surface area contributed by atoms with E-state index in [0.717, 1.165) is 19.3 Å². The van der Waals surface area contributed by atoms with Gasteiger partial charge in [-0.15, -0.1) is 6.58 Å². The second-order valence-corrected chi connectivity index (χ2v) is 2.80. The molecule has 0 spiro atoms. The minimum Gasteiger partial charge on any atom is -0.100 e.